The molecule has 0 saturated heterocycles. The van der Waals surface area contributed by atoms with Crippen LogP contribution in [0.25, 0.3) is 0 Å². The van der Waals surface area contributed by atoms with E-state index in [0.717, 1.165) is 70.6 Å². The van der Waals surface area contributed by atoms with E-state index in [9.17, 15) is 14.4 Å². The fraction of sp³-hybridized carbons (Fsp3) is 0.638. The van der Waals surface area contributed by atoms with Crippen molar-refractivity contribution in [3.63, 3.8) is 0 Å². The number of hydrogen-bond acceptors (Lipinski definition) is 6. The molecule has 362 valence electrons. The molecule has 0 spiro atoms. The molecule has 64 heavy (non-hydrogen) atoms. The first-order valence-corrected chi connectivity index (χ1v) is 26.0. The molecule has 0 radical (unpaired) electrons. The summed E-state index contributed by atoms with van der Waals surface area (Å²) in [6.07, 6.45) is 69.4. The van der Waals surface area contributed by atoms with Gasteiger partial charge in [-0.3, -0.25) is 14.4 Å². The van der Waals surface area contributed by atoms with Crippen LogP contribution in [0.5, 0.6) is 0 Å². The van der Waals surface area contributed by atoms with Gasteiger partial charge in [0.15, 0.2) is 6.10 Å². The highest BCUT2D eigenvalue weighted by Gasteiger charge is 2.19. The quantitative estimate of drug-likeness (QED) is 0.0199. The third kappa shape index (κ3) is 49.1. The SMILES string of the molecule is CC/C=C/C=C/C=C/C=C/C=C/CCCC(=O)OCC(COC(=O)CCCCCCCCC/C=C/C/C=C/CCCCC)OC(=O)CCCCC/C=C/C=C/CCCCCCCCC. The number of unbranched alkanes of at least 4 members (excludes halogenated alkanes) is 21. The second-order valence-corrected chi connectivity index (χ2v) is 16.8. The minimum atomic E-state index is -0.825. The van der Waals surface area contributed by atoms with Gasteiger partial charge in [-0.25, -0.2) is 0 Å². The van der Waals surface area contributed by atoms with Crippen LogP contribution in [0, 0.1) is 0 Å². The van der Waals surface area contributed by atoms with Crippen molar-refractivity contribution in [2.24, 2.45) is 0 Å². The molecule has 6 nitrogen and oxygen atoms in total. The third-order valence-electron chi connectivity index (χ3n) is 10.6. The standard InChI is InChI=1S/C58H94O6/c1-4-7-10-13-16-19-22-25-27-29-31-33-36-39-42-45-48-51-57(60)63-54-55(53-62-56(59)50-47-44-41-38-35-32-24-21-18-15-12-9-6-3)64-58(61)52-49-46-43-40-37-34-30-28-26-23-20-17-14-11-8-5-2/h9,12,15-16,18-19,21,24-25,27-28,30,32,34-35,37-38,41,55H,4-8,10-11,13-14,17,20,22-23,26,29,31,33,36,39-40,42-54H2,1-3H3/b12-9+,18-15+,19-16+,24-21+,27-25+,30-28+,35-32+,37-34+,41-38+. The van der Waals surface area contributed by atoms with Gasteiger partial charge in [0.1, 0.15) is 13.2 Å². The van der Waals surface area contributed by atoms with Gasteiger partial charge in [-0.1, -0.05) is 220 Å². The summed E-state index contributed by atoms with van der Waals surface area (Å²) in [5.74, 6) is -1.03. The summed E-state index contributed by atoms with van der Waals surface area (Å²) in [6, 6.07) is 0. The van der Waals surface area contributed by atoms with E-state index in [1.165, 1.54) is 96.3 Å². The van der Waals surface area contributed by atoms with Crippen molar-refractivity contribution in [2.45, 2.75) is 226 Å². The Morgan fingerprint density at radius 3 is 1.20 bits per heavy atom. The van der Waals surface area contributed by atoms with Crippen molar-refractivity contribution in [3.8, 4) is 0 Å². The molecule has 0 amide bonds. The average molecular weight is 887 g/mol. The van der Waals surface area contributed by atoms with E-state index in [1.807, 2.05) is 54.7 Å². The lowest BCUT2D eigenvalue weighted by Crippen LogP contribution is -2.30. The Hall–Kier alpha value is -3.93. The number of ether oxygens (including phenoxy) is 3. The lowest BCUT2D eigenvalue weighted by molar-refractivity contribution is -0.167. The largest absolute Gasteiger partial charge is 0.462 e. The first-order chi connectivity index (χ1) is 31.5. The molecule has 0 N–H and O–H groups in total. The van der Waals surface area contributed by atoms with Crippen LogP contribution in [0.3, 0.4) is 0 Å². The Kier molecular flexibility index (Phi) is 48.5. The van der Waals surface area contributed by atoms with Gasteiger partial charge in [-0.15, -0.1) is 0 Å². The summed E-state index contributed by atoms with van der Waals surface area (Å²) in [5.41, 5.74) is 0. The Balaban J connectivity index is 4.54. The second kappa shape index (κ2) is 51.7. The maximum absolute atomic E-state index is 12.8. The molecule has 0 fully saturated rings. The summed E-state index contributed by atoms with van der Waals surface area (Å²) < 4.78 is 16.7. The Bertz CT molecular complexity index is 1340. The second-order valence-electron chi connectivity index (χ2n) is 16.8. The lowest BCUT2D eigenvalue weighted by Gasteiger charge is -2.18. The zero-order chi connectivity index (χ0) is 46.5. The zero-order valence-corrected chi connectivity index (χ0v) is 41.3. The molecule has 0 aromatic heterocycles. The summed E-state index contributed by atoms with van der Waals surface area (Å²) in [6.45, 7) is 6.36. The Morgan fingerprint density at radius 2 is 0.688 bits per heavy atom. The summed E-state index contributed by atoms with van der Waals surface area (Å²) in [4.78, 5) is 37.9. The van der Waals surface area contributed by atoms with E-state index in [1.54, 1.807) is 0 Å². The van der Waals surface area contributed by atoms with Gasteiger partial charge in [0.05, 0.1) is 0 Å². The summed E-state index contributed by atoms with van der Waals surface area (Å²) in [5, 5.41) is 0. The predicted molar refractivity (Wildman–Crippen MR) is 274 cm³/mol. The maximum atomic E-state index is 12.8. The number of allylic oxidation sites excluding steroid dienone is 18. The van der Waals surface area contributed by atoms with E-state index in [4.69, 9.17) is 14.2 Å². The molecular formula is C58H94O6. The third-order valence-corrected chi connectivity index (χ3v) is 10.6. The highest BCUT2D eigenvalue weighted by atomic mass is 16.6. The van der Waals surface area contributed by atoms with Crippen LogP contribution in [0.15, 0.2) is 109 Å². The van der Waals surface area contributed by atoms with Crippen molar-refractivity contribution >= 4 is 17.9 Å². The fourth-order valence-corrected chi connectivity index (χ4v) is 6.73. The van der Waals surface area contributed by atoms with Crippen molar-refractivity contribution in [3.05, 3.63) is 109 Å². The summed E-state index contributed by atoms with van der Waals surface area (Å²) in [7, 11) is 0. The van der Waals surface area contributed by atoms with E-state index in [0.29, 0.717) is 19.3 Å². The van der Waals surface area contributed by atoms with E-state index < -0.39 is 6.10 Å². The first kappa shape index (κ1) is 60.1. The minimum absolute atomic E-state index is 0.117. The van der Waals surface area contributed by atoms with Gasteiger partial charge in [0.2, 0.25) is 0 Å². The van der Waals surface area contributed by atoms with Gasteiger partial charge in [-0.2, -0.15) is 0 Å². The smallest absolute Gasteiger partial charge is 0.306 e. The van der Waals surface area contributed by atoms with Crippen LogP contribution in [0.1, 0.15) is 220 Å². The first-order valence-electron chi connectivity index (χ1n) is 26.0. The molecule has 0 aromatic rings. The monoisotopic (exact) mass is 887 g/mol. The number of hydrogen-bond donors (Lipinski definition) is 0. The molecule has 1 atom stereocenters. The van der Waals surface area contributed by atoms with Crippen molar-refractivity contribution in [1.29, 1.82) is 0 Å². The highest BCUT2D eigenvalue weighted by molar-refractivity contribution is 5.71. The molecule has 0 aliphatic rings. The number of carbonyl (C=O) groups excluding carboxylic acids is 3. The number of rotatable bonds is 45. The number of carbonyl (C=O) groups is 3. The van der Waals surface area contributed by atoms with Gasteiger partial charge >= 0.3 is 17.9 Å². The van der Waals surface area contributed by atoms with Gasteiger partial charge in [-0.05, 0) is 89.9 Å². The van der Waals surface area contributed by atoms with Gasteiger partial charge < -0.3 is 14.2 Å². The molecule has 0 aliphatic heterocycles. The van der Waals surface area contributed by atoms with Crippen LogP contribution in [-0.2, 0) is 28.6 Å². The molecule has 0 bridgehead atoms. The molecule has 1 unspecified atom stereocenters. The fourth-order valence-electron chi connectivity index (χ4n) is 6.73. The van der Waals surface area contributed by atoms with E-state index in [2.05, 4.69) is 75.5 Å². The van der Waals surface area contributed by atoms with E-state index in [-0.39, 0.29) is 44.0 Å². The van der Waals surface area contributed by atoms with E-state index >= 15 is 0 Å². The molecule has 6 heteroatoms. The molecule has 0 aromatic carbocycles. The average Bonchev–Trinajstić information content (AvgIpc) is 3.29. The molecule has 0 saturated carbocycles. The van der Waals surface area contributed by atoms with Gasteiger partial charge in [0, 0.05) is 19.3 Å². The van der Waals surface area contributed by atoms with Crippen LogP contribution in [0.2, 0.25) is 0 Å². The minimum Gasteiger partial charge on any atom is -0.462 e. The molecule has 0 aliphatic carbocycles. The topological polar surface area (TPSA) is 78.9 Å². The summed E-state index contributed by atoms with van der Waals surface area (Å²) >= 11 is 0. The Labute approximate surface area is 393 Å². The Morgan fingerprint density at radius 1 is 0.344 bits per heavy atom. The maximum Gasteiger partial charge on any atom is 0.306 e. The van der Waals surface area contributed by atoms with Crippen molar-refractivity contribution in [1.82, 2.24) is 0 Å². The normalized spacial score (nSPS) is 13.0. The van der Waals surface area contributed by atoms with Crippen LogP contribution >= 0.6 is 0 Å². The highest BCUT2D eigenvalue weighted by Crippen LogP contribution is 2.13. The van der Waals surface area contributed by atoms with Crippen LogP contribution in [0.4, 0.5) is 0 Å². The molecule has 0 rings (SSSR count). The molecular weight excluding hydrogens is 793 g/mol. The number of esters is 3. The predicted octanol–water partition coefficient (Wildman–Crippen LogP) is 17.1. The molecule has 0 heterocycles. The van der Waals surface area contributed by atoms with Crippen LogP contribution in [-0.4, -0.2) is 37.2 Å². The zero-order valence-electron chi connectivity index (χ0n) is 41.3. The lowest BCUT2D eigenvalue weighted by atomic mass is 10.1. The van der Waals surface area contributed by atoms with Crippen LogP contribution < -0.4 is 0 Å². The van der Waals surface area contributed by atoms with Gasteiger partial charge in [0.25, 0.3) is 0 Å². The van der Waals surface area contributed by atoms with Crippen molar-refractivity contribution in [2.75, 3.05) is 13.2 Å². The van der Waals surface area contributed by atoms with Crippen molar-refractivity contribution < 1.29 is 28.6 Å².